The molecule has 0 saturated heterocycles. The third-order valence-corrected chi connectivity index (χ3v) is 0. The summed E-state index contributed by atoms with van der Waals surface area (Å²) >= 11 is 0. The van der Waals surface area contributed by atoms with Crippen LogP contribution in [0.5, 0.6) is 0 Å². The summed E-state index contributed by atoms with van der Waals surface area (Å²) in [5.74, 6) is 0. The van der Waals surface area contributed by atoms with Gasteiger partial charge < -0.3 is 11.0 Å². The van der Waals surface area contributed by atoms with Crippen molar-refractivity contribution < 1.29 is 99.0 Å². The maximum absolute atomic E-state index is 0. The molecule has 0 aliphatic carbocycles. The third kappa shape index (κ3) is 54.8. The molecule has 0 N–H and O–H groups in total. The predicted molar refractivity (Wildman–Crippen MR) is 1.37 cm³/mol. The van der Waals surface area contributed by atoms with Gasteiger partial charge in [-0.05, 0) is 0 Å². The molecule has 7 heavy (non-hydrogen) atoms. The Morgan fingerprint density at radius 3 is 0.714 bits per heavy atom. The zero-order chi connectivity index (χ0) is 0. The Bertz CT molecular complexity index is 15.7. The second-order valence-corrected chi connectivity index (χ2v) is 0. The van der Waals surface area contributed by atoms with E-state index in [9.17, 15) is 0 Å². The summed E-state index contributed by atoms with van der Waals surface area (Å²) in [7, 11) is 0. The van der Waals surface area contributed by atoms with E-state index in [1.807, 2.05) is 0 Å². The van der Waals surface area contributed by atoms with Crippen molar-refractivity contribution in [2.45, 2.75) is 0 Å². The van der Waals surface area contributed by atoms with Crippen molar-refractivity contribution in [3.05, 3.63) is 0 Å². The predicted octanol–water partition coefficient (Wildman–Crippen LogP) is -6.24. The van der Waals surface area contributed by atoms with Gasteiger partial charge in [-0.2, -0.15) is 0 Å². The van der Waals surface area contributed by atoms with Gasteiger partial charge in [0, 0.05) is 33.8 Å². The Balaban J connectivity index is 0. The zero-order valence-electron chi connectivity index (χ0n) is 3.84. The Morgan fingerprint density at radius 2 is 0.714 bits per heavy atom. The molecule has 0 aliphatic rings. The maximum atomic E-state index is 0. The molecule has 0 fully saturated rings. The van der Waals surface area contributed by atoms with Crippen LogP contribution in [0.25, 0.3) is 0 Å². The van der Waals surface area contributed by atoms with E-state index >= 15 is 0 Å². The van der Waals surface area contributed by atoms with Crippen LogP contribution < -0.4 is 37.7 Å². The molecular formula is CoLi2MnNiO2. The van der Waals surface area contributed by atoms with Crippen molar-refractivity contribution in [2.24, 2.45) is 0 Å². The fraction of sp³-hybridized carbons (Fsp3) is 0. The van der Waals surface area contributed by atoms with Gasteiger partial charge in [0.15, 0.2) is 0 Å². The van der Waals surface area contributed by atoms with Gasteiger partial charge in [-0.3, -0.25) is 0 Å². The topological polar surface area (TPSA) is 57.0 Å². The van der Waals surface area contributed by atoms with Crippen molar-refractivity contribution in [2.75, 3.05) is 0 Å². The van der Waals surface area contributed by atoms with Gasteiger partial charge in [-0.25, -0.2) is 0 Å². The SMILES string of the molecule is [Co].[Li+].[Li+].[Mn].[Ni+2].[O-2].[O-2]. The molecule has 7 heteroatoms. The first-order chi connectivity index (χ1) is 0. The molecule has 0 atom stereocenters. The summed E-state index contributed by atoms with van der Waals surface area (Å²) in [5.41, 5.74) is 0. The normalized spacial score (nSPS) is 0. The first-order valence-electron chi connectivity index (χ1n) is 0. The Kier molecular flexibility index (Phi) is 1070. The van der Waals surface area contributed by atoms with Crippen LogP contribution in [0.1, 0.15) is 0 Å². The van der Waals surface area contributed by atoms with Crippen LogP contribution in [0, 0.1) is 0 Å². The summed E-state index contributed by atoms with van der Waals surface area (Å²) in [4.78, 5) is 0. The molecule has 0 aliphatic heterocycles. The van der Waals surface area contributed by atoms with Crippen LogP contribution >= 0.6 is 0 Å². The van der Waals surface area contributed by atoms with Crippen LogP contribution in [0.2, 0.25) is 0 Å². The second-order valence-electron chi connectivity index (χ2n) is 0. The number of rotatable bonds is 0. The van der Waals surface area contributed by atoms with E-state index in [0.29, 0.717) is 0 Å². The van der Waals surface area contributed by atoms with Gasteiger partial charge in [-0.1, -0.05) is 0 Å². The Hall–Kier alpha value is 2.63. The molecule has 40 valence electrons. The molecular weight excluding hydrogens is 218 g/mol. The Labute approximate surface area is 97.9 Å². The fourth-order valence-corrected chi connectivity index (χ4v) is 0. The quantitative estimate of drug-likeness (QED) is 0.363. The smallest absolute Gasteiger partial charge is 2.00 e. The van der Waals surface area contributed by atoms with Crippen molar-refractivity contribution >= 4 is 0 Å². The third-order valence-electron chi connectivity index (χ3n) is 0. The molecule has 2 nitrogen and oxygen atoms in total. The van der Waals surface area contributed by atoms with Crippen LogP contribution in [-0.4, -0.2) is 0 Å². The van der Waals surface area contributed by atoms with Crippen molar-refractivity contribution in [3.63, 3.8) is 0 Å². The minimum Gasteiger partial charge on any atom is -2.00 e. The van der Waals surface area contributed by atoms with Gasteiger partial charge in [0.05, 0.1) is 0 Å². The molecule has 0 bridgehead atoms. The Morgan fingerprint density at radius 1 is 0.714 bits per heavy atom. The van der Waals surface area contributed by atoms with Gasteiger partial charge in [0.1, 0.15) is 0 Å². The summed E-state index contributed by atoms with van der Waals surface area (Å²) in [6.07, 6.45) is 0. The minimum absolute atomic E-state index is 0. The summed E-state index contributed by atoms with van der Waals surface area (Å²) < 4.78 is 0. The van der Waals surface area contributed by atoms with E-state index in [2.05, 4.69) is 0 Å². The molecule has 0 amide bonds. The van der Waals surface area contributed by atoms with Gasteiger partial charge in [0.25, 0.3) is 0 Å². The van der Waals surface area contributed by atoms with E-state index in [1.54, 1.807) is 0 Å². The van der Waals surface area contributed by atoms with Crippen molar-refractivity contribution in [1.82, 2.24) is 0 Å². The van der Waals surface area contributed by atoms with Crippen LogP contribution in [0.3, 0.4) is 0 Å². The first kappa shape index (κ1) is 104. The molecule has 0 aromatic carbocycles. The standard InChI is InChI=1S/Co.2Li.Mn.Ni.2O/q;2*+1;;+2;2*-2. The molecule has 0 rings (SSSR count). The molecule has 0 aromatic heterocycles. The summed E-state index contributed by atoms with van der Waals surface area (Å²) in [6, 6.07) is 0. The van der Waals surface area contributed by atoms with Crippen LogP contribution in [0.4, 0.5) is 0 Å². The first-order valence-corrected chi connectivity index (χ1v) is 0. The van der Waals surface area contributed by atoms with Gasteiger partial charge in [0.2, 0.25) is 0 Å². The average molecular weight is 218 g/mol. The molecule has 0 saturated carbocycles. The minimum atomic E-state index is 0. The van der Waals surface area contributed by atoms with Gasteiger partial charge >= 0.3 is 54.2 Å². The molecule has 0 aromatic rings. The molecule has 2 radical (unpaired) electrons. The maximum Gasteiger partial charge on any atom is 2.00 e. The molecule has 0 spiro atoms. The largest absolute Gasteiger partial charge is 2.00 e. The second kappa shape index (κ2) is 72.5. The number of hydrogen-bond donors (Lipinski definition) is 0. The van der Waals surface area contributed by atoms with E-state index in [-0.39, 0.29) is 99.0 Å². The van der Waals surface area contributed by atoms with Crippen LogP contribution in [-0.2, 0) is 61.3 Å². The molecule has 0 heterocycles. The fourth-order valence-electron chi connectivity index (χ4n) is 0. The molecule has 0 unspecified atom stereocenters. The monoisotopic (exact) mass is 218 g/mol. The van der Waals surface area contributed by atoms with E-state index < -0.39 is 0 Å². The van der Waals surface area contributed by atoms with E-state index in [1.165, 1.54) is 0 Å². The van der Waals surface area contributed by atoms with Crippen molar-refractivity contribution in [3.8, 4) is 0 Å². The van der Waals surface area contributed by atoms with Gasteiger partial charge in [-0.15, -0.1) is 0 Å². The van der Waals surface area contributed by atoms with Crippen molar-refractivity contribution in [1.29, 1.82) is 0 Å². The van der Waals surface area contributed by atoms with E-state index in [4.69, 9.17) is 0 Å². The zero-order valence-corrected chi connectivity index (χ0v) is 7.05. The van der Waals surface area contributed by atoms with E-state index in [0.717, 1.165) is 0 Å². The summed E-state index contributed by atoms with van der Waals surface area (Å²) in [5, 5.41) is 0. The summed E-state index contributed by atoms with van der Waals surface area (Å²) in [6.45, 7) is 0. The number of hydrogen-bond acceptors (Lipinski definition) is 0. The average Bonchev–Trinajstić information content (AvgIpc) is 0. The van der Waals surface area contributed by atoms with Crippen LogP contribution in [0.15, 0.2) is 0 Å².